The quantitative estimate of drug-likeness (QED) is 0.619. The highest BCUT2D eigenvalue weighted by atomic mass is 19.4. The van der Waals surface area contributed by atoms with Crippen molar-refractivity contribution in [2.45, 2.75) is 32.0 Å². The average molecular weight is 233 g/mol. The molecule has 0 saturated heterocycles. The van der Waals surface area contributed by atoms with E-state index in [0.717, 1.165) is 5.56 Å². The number of rotatable bonds is 4. The molecule has 1 aromatic rings. The van der Waals surface area contributed by atoms with Gasteiger partial charge in [0.15, 0.2) is 0 Å². The van der Waals surface area contributed by atoms with E-state index in [1.165, 1.54) is 0 Å². The Morgan fingerprint density at radius 1 is 1.50 bits per heavy atom. The molecule has 0 radical (unpaired) electrons. The maximum atomic E-state index is 12.1. The molecular weight excluding hydrogens is 219 g/mol. The summed E-state index contributed by atoms with van der Waals surface area (Å²) in [5.41, 5.74) is 3.76. The maximum absolute atomic E-state index is 12.1. The summed E-state index contributed by atoms with van der Waals surface area (Å²) in [6, 6.07) is 2.96. The number of hydrogen-bond donors (Lipinski definition) is 2. The Bertz CT molecular complexity index is 338. The zero-order valence-corrected chi connectivity index (χ0v) is 8.88. The predicted octanol–water partition coefficient (Wildman–Crippen LogP) is 2.24. The molecule has 3 N–H and O–H groups in total. The molecule has 0 saturated carbocycles. The van der Waals surface area contributed by atoms with E-state index in [2.05, 4.69) is 10.4 Å². The lowest BCUT2D eigenvalue weighted by Gasteiger charge is -2.17. The minimum absolute atomic E-state index is 0.113. The van der Waals surface area contributed by atoms with Crippen molar-refractivity contribution in [3.8, 4) is 0 Å². The number of nitrogens with zero attached hydrogens (tertiary/aromatic N) is 1. The highest BCUT2D eigenvalue weighted by molar-refractivity contribution is 5.20. The third kappa shape index (κ3) is 3.79. The lowest BCUT2D eigenvalue weighted by Crippen LogP contribution is -2.30. The van der Waals surface area contributed by atoms with Crippen molar-refractivity contribution < 1.29 is 13.2 Å². The van der Waals surface area contributed by atoms with Crippen LogP contribution in [0.25, 0.3) is 0 Å². The lowest BCUT2D eigenvalue weighted by atomic mass is 10.0. The first-order chi connectivity index (χ1) is 7.44. The molecule has 0 amide bonds. The minimum Gasteiger partial charge on any atom is -0.271 e. The molecule has 0 fully saturated rings. The molecule has 3 nitrogen and oxygen atoms in total. The second kappa shape index (κ2) is 5.27. The van der Waals surface area contributed by atoms with Gasteiger partial charge < -0.3 is 0 Å². The first-order valence-corrected chi connectivity index (χ1v) is 4.88. The fourth-order valence-electron chi connectivity index (χ4n) is 1.47. The van der Waals surface area contributed by atoms with E-state index in [1.807, 2.05) is 0 Å². The van der Waals surface area contributed by atoms with E-state index in [0.29, 0.717) is 5.69 Å². The number of nitrogens with one attached hydrogen (secondary N) is 1. The molecule has 0 bridgehead atoms. The molecule has 1 heterocycles. The summed E-state index contributed by atoms with van der Waals surface area (Å²) in [6.07, 6.45) is -3.62. The van der Waals surface area contributed by atoms with Gasteiger partial charge in [0, 0.05) is 12.6 Å². The van der Waals surface area contributed by atoms with Crippen LogP contribution in [0, 0.1) is 6.92 Å². The van der Waals surface area contributed by atoms with Crippen molar-refractivity contribution >= 4 is 0 Å². The zero-order valence-electron chi connectivity index (χ0n) is 8.88. The Morgan fingerprint density at radius 3 is 2.69 bits per heavy atom. The topological polar surface area (TPSA) is 50.9 Å². The van der Waals surface area contributed by atoms with Gasteiger partial charge in [0.1, 0.15) is 0 Å². The minimum atomic E-state index is -4.17. The van der Waals surface area contributed by atoms with Crippen molar-refractivity contribution in [3.63, 3.8) is 0 Å². The molecule has 0 spiro atoms. The Kier molecular flexibility index (Phi) is 4.26. The third-order valence-corrected chi connectivity index (χ3v) is 2.30. The van der Waals surface area contributed by atoms with Gasteiger partial charge in [-0.2, -0.15) is 13.2 Å². The molecule has 6 heteroatoms. The summed E-state index contributed by atoms with van der Waals surface area (Å²) in [6.45, 7) is 1.79. The van der Waals surface area contributed by atoms with E-state index < -0.39 is 18.6 Å². The van der Waals surface area contributed by atoms with Crippen molar-refractivity contribution in [2.75, 3.05) is 0 Å². The van der Waals surface area contributed by atoms with Gasteiger partial charge >= 0.3 is 6.18 Å². The molecule has 1 unspecified atom stereocenters. The molecule has 16 heavy (non-hydrogen) atoms. The Labute approximate surface area is 91.8 Å². The Morgan fingerprint density at radius 2 is 2.19 bits per heavy atom. The normalized spacial score (nSPS) is 13.8. The van der Waals surface area contributed by atoms with E-state index >= 15 is 0 Å². The summed E-state index contributed by atoms with van der Waals surface area (Å²) in [4.78, 5) is 4.04. The standard InChI is InChI=1S/C10H14F3N3/c1-7-3-2-6-15-9(7)8(16-14)4-5-10(11,12)13/h2-3,6,8,16H,4-5,14H2,1H3. The van der Waals surface area contributed by atoms with Crippen molar-refractivity contribution in [3.05, 3.63) is 29.6 Å². The fraction of sp³-hybridized carbons (Fsp3) is 0.500. The molecule has 0 aliphatic heterocycles. The Hall–Kier alpha value is -1.14. The van der Waals surface area contributed by atoms with Crippen LogP contribution in [0.4, 0.5) is 13.2 Å². The smallest absolute Gasteiger partial charge is 0.271 e. The van der Waals surface area contributed by atoms with Crippen LogP contribution < -0.4 is 11.3 Å². The van der Waals surface area contributed by atoms with E-state index in [-0.39, 0.29) is 6.42 Å². The number of aryl methyl sites for hydroxylation is 1. The largest absolute Gasteiger partial charge is 0.389 e. The summed E-state index contributed by atoms with van der Waals surface area (Å²) in [5, 5.41) is 0. The molecule has 90 valence electrons. The van der Waals surface area contributed by atoms with Gasteiger partial charge in [-0.05, 0) is 25.0 Å². The number of hydrogen-bond acceptors (Lipinski definition) is 3. The van der Waals surface area contributed by atoms with Crippen LogP contribution in [-0.2, 0) is 0 Å². The van der Waals surface area contributed by atoms with Crippen LogP contribution in [0.5, 0.6) is 0 Å². The molecule has 1 aromatic heterocycles. The number of hydrazine groups is 1. The fourth-order valence-corrected chi connectivity index (χ4v) is 1.47. The first-order valence-electron chi connectivity index (χ1n) is 4.88. The summed E-state index contributed by atoms with van der Waals surface area (Å²) in [5.74, 6) is 5.25. The molecular formula is C10H14F3N3. The van der Waals surface area contributed by atoms with Gasteiger partial charge in [0.2, 0.25) is 0 Å². The third-order valence-electron chi connectivity index (χ3n) is 2.30. The van der Waals surface area contributed by atoms with Crippen LogP contribution in [0.2, 0.25) is 0 Å². The van der Waals surface area contributed by atoms with Crippen LogP contribution in [0.15, 0.2) is 18.3 Å². The van der Waals surface area contributed by atoms with Gasteiger partial charge in [-0.3, -0.25) is 16.3 Å². The van der Waals surface area contributed by atoms with Crippen molar-refractivity contribution in [2.24, 2.45) is 5.84 Å². The van der Waals surface area contributed by atoms with Crippen molar-refractivity contribution in [1.82, 2.24) is 10.4 Å². The first kappa shape index (κ1) is 12.9. The second-order valence-electron chi connectivity index (χ2n) is 3.58. The number of alkyl halides is 3. The van der Waals surface area contributed by atoms with Crippen LogP contribution >= 0.6 is 0 Å². The highest BCUT2D eigenvalue weighted by Crippen LogP contribution is 2.27. The SMILES string of the molecule is Cc1cccnc1C(CCC(F)(F)F)NN. The van der Waals surface area contributed by atoms with Gasteiger partial charge in [0.05, 0.1) is 11.7 Å². The predicted molar refractivity (Wildman–Crippen MR) is 54.3 cm³/mol. The average Bonchev–Trinajstić information content (AvgIpc) is 2.20. The maximum Gasteiger partial charge on any atom is 0.389 e. The number of pyridine rings is 1. The van der Waals surface area contributed by atoms with E-state index in [1.54, 1.807) is 25.3 Å². The van der Waals surface area contributed by atoms with Gasteiger partial charge in [0.25, 0.3) is 0 Å². The van der Waals surface area contributed by atoms with Crippen LogP contribution in [0.3, 0.4) is 0 Å². The number of aromatic nitrogens is 1. The Balaban J connectivity index is 2.72. The summed E-state index contributed by atoms with van der Waals surface area (Å²) >= 11 is 0. The molecule has 0 aliphatic carbocycles. The summed E-state index contributed by atoms with van der Waals surface area (Å²) < 4.78 is 36.2. The highest BCUT2D eigenvalue weighted by Gasteiger charge is 2.29. The molecule has 1 atom stereocenters. The lowest BCUT2D eigenvalue weighted by molar-refractivity contribution is -0.136. The number of halogens is 3. The summed E-state index contributed by atoms with van der Waals surface area (Å²) in [7, 11) is 0. The second-order valence-corrected chi connectivity index (χ2v) is 3.58. The van der Waals surface area contributed by atoms with Gasteiger partial charge in [-0.15, -0.1) is 0 Å². The molecule has 0 aromatic carbocycles. The molecule has 0 aliphatic rings. The van der Waals surface area contributed by atoms with Gasteiger partial charge in [-0.25, -0.2) is 0 Å². The number of nitrogens with two attached hydrogens (primary N) is 1. The van der Waals surface area contributed by atoms with Gasteiger partial charge in [-0.1, -0.05) is 6.07 Å². The van der Waals surface area contributed by atoms with Crippen LogP contribution in [0.1, 0.15) is 30.1 Å². The zero-order chi connectivity index (χ0) is 12.2. The van der Waals surface area contributed by atoms with E-state index in [4.69, 9.17) is 5.84 Å². The van der Waals surface area contributed by atoms with Crippen LogP contribution in [-0.4, -0.2) is 11.2 Å². The van der Waals surface area contributed by atoms with Crippen molar-refractivity contribution in [1.29, 1.82) is 0 Å². The molecule has 1 rings (SSSR count). The monoisotopic (exact) mass is 233 g/mol. The van der Waals surface area contributed by atoms with E-state index in [9.17, 15) is 13.2 Å².